The van der Waals surface area contributed by atoms with Gasteiger partial charge in [0.2, 0.25) is 0 Å². The average molecular weight is 327 g/mol. The summed E-state index contributed by atoms with van der Waals surface area (Å²) < 4.78 is 5.53. The monoisotopic (exact) mass is 326 g/mol. The molecule has 1 saturated heterocycles. The molecule has 2 atom stereocenters. The van der Waals surface area contributed by atoms with E-state index >= 15 is 0 Å². The Kier molecular flexibility index (Phi) is 7.33. The van der Waals surface area contributed by atoms with Crippen molar-refractivity contribution in [3.05, 3.63) is 35.9 Å². The third-order valence-corrected chi connectivity index (χ3v) is 3.86. The number of morpholine rings is 1. The summed E-state index contributed by atoms with van der Waals surface area (Å²) in [6.45, 7) is 8.46. The molecular weight excluding hydrogens is 300 g/mol. The maximum Gasteiger partial charge on any atom is 0.250 e. The van der Waals surface area contributed by atoms with E-state index in [9.17, 15) is 4.79 Å². The van der Waals surface area contributed by atoms with Crippen molar-refractivity contribution in [2.45, 2.75) is 39.3 Å². The Labute approximate surface area is 139 Å². The minimum Gasteiger partial charge on any atom is -0.366 e. The molecule has 1 aliphatic heterocycles. The lowest BCUT2D eigenvalue weighted by molar-refractivity contribution is -0.135. The number of hydrogen-bond donors (Lipinski definition) is 2. The van der Waals surface area contributed by atoms with Gasteiger partial charge in [-0.3, -0.25) is 4.79 Å². The molecule has 2 rings (SSSR count). The summed E-state index contributed by atoms with van der Waals surface area (Å²) in [5.41, 5.74) is 1.23. The first-order valence-corrected chi connectivity index (χ1v) is 7.63. The van der Waals surface area contributed by atoms with Gasteiger partial charge in [0.05, 0.1) is 6.61 Å². The van der Waals surface area contributed by atoms with Crippen LogP contribution in [0.2, 0.25) is 0 Å². The van der Waals surface area contributed by atoms with Gasteiger partial charge in [-0.1, -0.05) is 51.1 Å². The number of ether oxygens (including phenoxy) is 1. The van der Waals surface area contributed by atoms with Gasteiger partial charge in [-0.25, -0.2) is 0 Å². The second-order valence-electron chi connectivity index (χ2n) is 6.68. The molecule has 0 bridgehead atoms. The topological polar surface area (TPSA) is 50.4 Å². The fraction of sp³-hybridized carbons (Fsp3) is 0.588. The van der Waals surface area contributed by atoms with Crippen LogP contribution in [0.1, 0.15) is 26.3 Å². The Bertz CT molecular complexity index is 453. The minimum atomic E-state index is -0.376. The van der Waals surface area contributed by atoms with Gasteiger partial charge < -0.3 is 15.4 Å². The first-order chi connectivity index (χ1) is 9.97. The fourth-order valence-corrected chi connectivity index (χ4v) is 2.42. The van der Waals surface area contributed by atoms with Crippen LogP contribution in [-0.4, -0.2) is 37.7 Å². The summed E-state index contributed by atoms with van der Waals surface area (Å²) in [4.78, 5) is 12.4. The van der Waals surface area contributed by atoms with Crippen molar-refractivity contribution in [1.82, 2.24) is 10.6 Å². The molecule has 0 saturated carbocycles. The molecule has 0 aliphatic carbocycles. The molecule has 1 aromatic carbocycles. The van der Waals surface area contributed by atoms with Crippen molar-refractivity contribution >= 4 is 18.3 Å². The Morgan fingerprint density at radius 3 is 2.59 bits per heavy atom. The molecule has 1 fully saturated rings. The second kappa shape index (κ2) is 8.51. The summed E-state index contributed by atoms with van der Waals surface area (Å²) in [5.74, 6) is -0.0157. The van der Waals surface area contributed by atoms with E-state index < -0.39 is 0 Å². The molecular formula is C17H27ClN2O2. The van der Waals surface area contributed by atoms with Crippen molar-refractivity contribution in [1.29, 1.82) is 0 Å². The molecule has 1 amide bonds. The van der Waals surface area contributed by atoms with E-state index in [2.05, 4.69) is 43.5 Å². The summed E-state index contributed by atoms with van der Waals surface area (Å²) >= 11 is 0. The van der Waals surface area contributed by atoms with Crippen LogP contribution in [0.3, 0.4) is 0 Å². The third-order valence-electron chi connectivity index (χ3n) is 3.86. The molecule has 2 N–H and O–H groups in total. The van der Waals surface area contributed by atoms with Crippen LogP contribution in [0.5, 0.6) is 0 Å². The highest BCUT2D eigenvalue weighted by atomic mass is 35.5. The van der Waals surface area contributed by atoms with Crippen molar-refractivity contribution in [3.8, 4) is 0 Å². The number of amides is 1. The van der Waals surface area contributed by atoms with Crippen molar-refractivity contribution in [3.63, 3.8) is 0 Å². The number of hydrogen-bond acceptors (Lipinski definition) is 3. The van der Waals surface area contributed by atoms with Gasteiger partial charge in [0.15, 0.2) is 0 Å². The first-order valence-electron chi connectivity index (χ1n) is 7.63. The molecule has 1 heterocycles. The zero-order valence-electron chi connectivity index (χ0n) is 13.6. The summed E-state index contributed by atoms with van der Waals surface area (Å²) in [6.07, 6.45) is 0.454. The highest BCUT2D eigenvalue weighted by Crippen LogP contribution is 2.23. The van der Waals surface area contributed by atoms with Crippen molar-refractivity contribution < 1.29 is 9.53 Å². The number of carbonyl (C=O) groups excluding carboxylic acids is 1. The van der Waals surface area contributed by atoms with E-state index in [-0.39, 0.29) is 35.9 Å². The number of benzene rings is 1. The number of nitrogens with one attached hydrogen (secondary N) is 2. The Hall–Kier alpha value is -1.10. The van der Waals surface area contributed by atoms with Crippen LogP contribution in [0.15, 0.2) is 30.3 Å². The van der Waals surface area contributed by atoms with Crippen LogP contribution in [0.4, 0.5) is 0 Å². The van der Waals surface area contributed by atoms with E-state index in [1.54, 1.807) is 0 Å². The first kappa shape index (κ1) is 18.9. The predicted octanol–water partition coefficient (Wildman–Crippen LogP) is 2.17. The highest BCUT2D eigenvalue weighted by Gasteiger charge is 2.30. The maximum absolute atomic E-state index is 12.4. The van der Waals surface area contributed by atoms with Crippen LogP contribution in [-0.2, 0) is 16.0 Å². The standard InChI is InChI=1S/C17H26N2O2.ClH/c1-17(2,3)15(11-13-7-5-4-6-8-13)19-16(20)14-12-18-9-10-21-14;/h4-8,14-15,18H,9-12H2,1-3H3,(H,19,20);1H. The Morgan fingerprint density at radius 2 is 2.05 bits per heavy atom. The van der Waals surface area contributed by atoms with Gasteiger partial charge in [0, 0.05) is 19.1 Å². The lowest BCUT2D eigenvalue weighted by Gasteiger charge is -2.33. The largest absolute Gasteiger partial charge is 0.366 e. The molecule has 2 unspecified atom stereocenters. The van der Waals surface area contributed by atoms with E-state index in [0.717, 1.165) is 13.0 Å². The van der Waals surface area contributed by atoms with Gasteiger partial charge in [-0.05, 0) is 17.4 Å². The molecule has 4 nitrogen and oxygen atoms in total. The summed E-state index contributed by atoms with van der Waals surface area (Å²) in [6, 6.07) is 10.4. The summed E-state index contributed by atoms with van der Waals surface area (Å²) in [7, 11) is 0. The molecule has 1 aromatic rings. The molecule has 22 heavy (non-hydrogen) atoms. The quantitative estimate of drug-likeness (QED) is 0.891. The maximum atomic E-state index is 12.4. The molecule has 0 radical (unpaired) electrons. The number of rotatable bonds is 4. The fourth-order valence-electron chi connectivity index (χ4n) is 2.42. The van der Waals surface area contributed by atoms with Crippen molar-refractivity contribution in [2.24, 2.45) is 5.41 Å². The predicted molar refractivity (Wildman–Crippen MR) is 91.4 cm³/mol. The Morgan fingerprint density at radius 1 is 1.36 bits per heavy atom. The molecule has 124 valence electrons. The highest BCUT2D eigenvalue weighted by molar-refractivity contribution is 5.85. The van der Waals surface area contributed by atoms with Crippen LogP contribution >= 0.6 is 12.4 Å². The van der Waals surface area contributed by atoms with Crippen LogP contribution in [0, 0.1) is 5.41 Å². The van der Waals surface area contributed by atoms with E-state index in [4.69, 9.17) is 4.74 Å². The van der Waals surface area contributed by atoms with Gasteiger partial charge in [-0.2, -0.15) is 0 Å². The number of carbonyl (C=O) groups is 1. The normalized spacial score (nSPS) is 19.9. The average Bonchev–Trinajstić information content (AvgIpc) is 2.47. The van der Waals surface area contributed by atoms with Crippen LogP contribution in [0.25, 0.3) is 0 Å². The second-order valence-corrected chi connectivity index (χ2v) is 6.68. The molecule has 1 aliphatic rings. The lowest BCUT2D eigenvalue weighted by atomic mass is 9.83. The molecule has 5 heteroatoms. The van der Waals surface area contributed by atoms with E-state index in [0.29, 0.717) is 13.2 Å². The summed E-state index contributed by atoms with van der Waals surface area (Å²) in [5, 5.41) is 6.36. The van der Waals surface area contributed by atoms with Gasteiger partial charge >= 0.3 is 0 Å². The lowest BCUT2D eigenvalue weighted by Crippen LogP contribution is -2.53. The Balaban J connectivity index is 0.00000242. The van der Waals surface area contributed by atoms with E-state index in [1.165, 1.54) is 5.56 Å². The zero-order chi connectivity index (χ0) is 15.3. The van der Waals surface area contributed by atoms with E-state index in [1.807, 2.05) is 18.2 Å². The van der Waals surface area contributed by atoms with Gasteiger partial charge in [0.25, 0.3) is 5.91 Å². The smallest absolute Gasteiger partial charge is 0.250 e. The zero-order valence-corrected chi connectivity index (χ0v) is 14.4. The minimum absolute atomic E-state index is 0. The third kappa shape index (κ3) is 5.59. The molecule has 0 aromatic heterocycles. The van der Waals surface area contributed by atoms with Gasteiger partial charge in [-0.15, -0.1) is 12.4 Å². The van der Waals surface area contributed by atoms with Crippen LogP contribution < -0.4 is 10.6 Å². The van der Waals surface area contributed by atoms with Crippen molar-refractivity contribution in [2.75, 3.05) is 19.7 Å². The number of halogens is 1. The van der Waals surface area contributed by atoms with Gasteiger partial charge in [0.1, 0.15) is 6.10 Å². The molecule has 0 spiro atoms. The SMILES string of the molecule is CC(C)(C)C(Cc1ccccc1)NC(=O)C1CNCCO1.Cl.